The first-order valence-electron chi connectivity index (χ1n) is 6.36. The second-order valence-electron chi connectivity index (χ2n) is 4.52. The molecule has 0 radical (unpaired) electrons. The Bertz CT molecular complexity index is 624. The fraction of sp³-hybridized carbons (Fsp3) is 0.200. The van der Waals surface area contributed by atoms with Crippen LogP contribution in [0.5, 0.6) is 0 Å². The van der Waals surface area contributed by atoms with Crippen molar-refractivity contribution in [3.63, 3.8) is 0 Å². The zero-order valence-corrected chi connectivity index (χ0v) is 11.5. The van der Waals surface area contributed by atoms with E-state index in [1.165, 1.54) is 12.3 Å². The van der Waals surface area contributed by atoms with Crippen molar-refractivity contribution >= 4 is 23.2 Å². The molecular weight excluding hydrogens is 254 g/mol. The number of benzene rings is 1. The fourth-order valence-corrected chi connectivity index (χ4v) is 2.03. The Kier molecular flexibility index (Phi) is 3.89. The Hall–Kier alpha value is -2.56. The number of nitrogens with zero attached hydrogens (tertiary/aromatic N) is 2. The predicted octanol–water partition coefficient (Wildman–Crippen LogP) is 2.83. The highest BCUT2D eigenvalue weighted by molar-refractivity contribution is 5.95. The molecule has 1 heterocycles. The molecular formula is C15H17N3O2. The van der Waals surface area contributed by atoms with Crippen molar-refractivity contribution in [3.05, 3.63) is 47.7 Å². The second-order valence-corrected chi connectivity index (χ2v) is 4.52. The molecule has 0 aliphatic rings. The summed E-state index contributed by atoms with van der Waals surface area (Å²) in [6, 6.07) is 9.29. The minimum absolute atomic E-state index is 0.104. The molecule has 0 unspecified atom stereocenters. The number of pyridine rings is 1. The third-order valence-electron chi connectivity index (χ3n) is 3.04. The molecule has 1 aromatic heterocycles. The van der Waals surface area contributed by atoms with Crippen LogP contribution in [0, 0.1) is 6.92 Å². The first-order chi connectivity index (χ1) is 9.52. The largest absolute Gasteiger partial charge is 0.478 e. The summed E-state index contributed by atoms with van der Waals surface area (Å²) in [6.07, 6.45) is 1.47. The number of aromatic carboxylic acids is 1. The van der Waals surface area contributed by atoms with E-state index in [-0.39, 0.29) is 5.56 Å². The molecule has 2 rings (SSSR count). The molecule has 104 valence electrons. The van der Waals surface area contributed by atoms with Gasteiger partial charge in [-0.1, -0.05) is 17.7 Å². The lowest BCUT2D eigenvalue weighted by atomic mass is 10.2. The van der Waals surface area contributed by atoms with E-state index in [1.807, 2.05) is 43.0 Å². The molecule has 0 atom stereocenters. The van der Waals surface area contributed by atoms with Crippen LogP contribution in [-0.4, -0.2) is 22.6 Å². The van der Waals surface area contributed by atoms with Gasteiger partial charge in [-0.15, -0.1) is 0 Å². The molecule has 0 aliphatic heterocycles. The van der Waals surface area contributed by atoms with Crippen LogP contribution in [-0.2, 0) is 0 Å². The van der Waals surface area contributed by atoms with Crippen molar-refractivity contribution in [1.82, 2.24) is 4.98 Å². The highest BCUT2D eigenvalue weighted by Crippen LogP contribution is 2.27. The first-order valence-corrected chi connectivity index (χ1v) is 6.36. The first kappa shape index (κ1) is 13.9. The van der Waals surface area contributed by atoms with Gasteiger partial charge in [0, 0.05) is 12.2 Å². The number of nitrogens with two attached hydrogens (primary N) is 1. The lowest BCUT2D eigenvalue weighted by molar-refractivity contribution is 0.0697. The van der Waals surface area contributed by atoms with Gasteiger partial charge < -0.3 is 15.7 Å². The number of rotatable bonds is 4. The maximum Gasteiger partial charge on any atom is 0.339 e. The molecule has 5 nitrogen and oxygen atoms in total. The van der Waals surface area contributed by atoms with E-state index in [0.29, 0.717) is 18.1 Å². The van der Waals surface area contributed by atoms with E-state index in [2.05, 4.69) is 4.98 Å². The summed E-state index contributed by atoms with van der Waals surface area (Å²) >= 11 is 0. The van der Waals surface area contributed by atoms with Gasteiger partial charge in [0.25, 0.3) is 0 Å². The van der Waals surface area contributed by atoms with Gasteiger partial charge in [0.05, 0.1) is 11.9 Å². The minimum Gasteiger partial charge on any atom is -0.478 e. The zero-order valence-electron chi connectivity index (χ0n) is 11.5. The molecule has 0 fully saturated rings. The van der Waals surface area contributed by atoms with E-state index in [4.69, 9.17) is 5.73 Å². The van der Waals surface area contributed by atoms with Crippen LogP contribution in [0.15, 0.2) is 36.5 Å². The normalized spacial score (nSPS) is 10.3. The summed E-state index contributed by atoms with van der Waals surface area (Å²) in [7, 11) is 0. The smallest absolute Gasteiger partial charge is 0.339 e. The number of aryl methyl sites for hydroxylation is 1. The molecule has 1 aromatic carbocycles. The number of carboxylic acid groups (broad SMARTS) is 1. The van der Waals surface area contributed by atoms with Gasteiger partial charge in [-0.3, -0.25) is 0 Å². The maximum atomic E-state index is 11.4. The Morgan fingerprint density at radius 3 is 2.55 bits per heavy atom. The van der Waals surface area contributed by atoms with Gasteiger partial charge >= 0.3 is 5.97 Å². The zero-order chi connectivity index (χ0) is 14.7. The number of hydrogen-bond donors (Lipinski definition) is 2. The SMILES string of the molecule is CCN(c1ccc(C)cc1)c1ncc(N)cc1C(=O)O. The highest BCUT2D eigenvalue weighted by Gasteiger charge is 2.18. The van der Waals surface area contributed by atoms with E-state index in [0.717, 1.165) is 11.3 Å². The second kappa shape index (κ2) is 5.61. The number of carboxylic acids is 1. The summed E-state index contributed by atoms with van der Waals surface area (Å²) in [6.45, 7) is 4.56. The third kappa shape index (κ3) is 2.71. The van der Waals surface area contributed by atoms with E-state index in [1.54, 1.807) is 0 Å². The van der Waals surface area contributed by atoms with Gasteiger partial charge in [-0.2, -0.15) is 0 Å². The summed E-state index contributed by atoms with van der Waals surface area (Å²) in [5.41, 5.74) is 8.11. The third-order valence-corrected chi connectivity index (χ3v) is 3.04. The summed E-state index contributed by atoms with van der Waals surface area (Å²) in [5.74, 6) is -0.636. The van der Waals surface area contributed by atoms with Gasteiger partial charge in [0.15, 0.2) is 0 Å². The monoisotopic (exact) mass is 271 g/mol. The Morgan fingerprint density at radius 2 is 2.00 bits per heavy atom. The maximum absolute atomic E-state index is 11.4. The Labute approximate surface area is 117 Å². The van der Waals surface area contributed by atoms with Crippen molar-refractivity contribution < 1.29 is 9.90 Å². The molecule has 0 aliphatic carbocycles. The lowest BCUT2D eigenvalue weighted by Gasteiger charge is -2.23. The number of aromatic nitrogens is 1. The highest BCUT2D eigenvalue weighted by atomic mass is 16.4. The molecule has 0 spiro atoms. The molecule has 3 N–H and O–H groups in total. The van der Waals surface area contributed by atoms with Crippen molar-refractivity contribution in [1.29, 1.82) is 0 Å². The summed E-state index contributed by atoms with van der Waals surface area (Å²) in [5, 5.41) is 9.30. The van der Waals surface area contributed by atoms with Crippen LogP contribution in [0.25, 0.3) is 0 Å². The van der Waals surface area contributed by atoms with Crippen LogP contribution >= 0.6 is 0 Å². The van der Waals surface area contributed by atoms with E-state index < -0.39 is 5.97 Å². The molecule has 5 heteroatoms. The van der Waals surface area contributed by atoms with E-state index >= 15 is 0 Å². The molecule has 0 saturated heterocycles. The minimum atomic E-state index is -1.04. The van der Waals surface area contributed by atoms with Crippen LogP contribution in [0.2, 0.25) is 0 Å². The number of hydrogen-bond acceptors (Lipinski definition) is 4. The molecule has 20 heavy (non-hydrogen) atoms. The quantitative estimate of drug-likeness (QED) is 0.893. The van der Waals surface area contributed by atoms with Gasteiger partial charge in [-0.25, -0.2) is 9.78 Å². The lowest BCUT2D eigenvalue weighted by Crippen LogP contribution is -2.20. The van der Waals surface area contributed by atoms with Crippen LogP contribution in [0.4, 0.5) is 17.2 Å². The molecule has 0 amide bonds. The average Bonchev–Trinajstić information content (AvgIpc) is 2.43. The molecule has 2 aromatic rings. The average molecular weight is 271 g/mol. The van der Waals surface area contributed by atoms with Crippen molar-refractivity contribution in [2.24, 2.45) is 0 Å². The topological polar surface area (TPSA) is 79.5 Å². The van der Waals surface area contributed by atoms with Gasteiger partial charge in [0.1, 0.15) is 11.4 Å². The summed E-state index contributed by atoms with van der Waals surface area (Å²) in [4.78, 5) is 17.4. The number of carbonyl (C=O) groups is 1. The van der Waals surface area contributed by atoms with Crippen molar-refractivity contribution in [2.45, 2.75) is 13.8 Å². The number of anilines is 3. The Balaban J connectivity index is 2.51. The molecule has 0 saturated carbocycles. The number of nitrogen functional groups attached to an aromatic ring is 1. The van der Waals surface area contributed by atoms with Crippen LogP contribution in [0.3, 0.4) is 0 Å². The molecule has 0 bridgehead atoms. The van der Waals surface area contributed by atoms with Crippen LogP contribution in [0.1, 0.15) is 22.8 Å². The Morgan fingerprint density at radius 1 is 1.35 bits per heavy atom. The van der Waals surface area contributed by atoms with Gasteiger partial charge in [0.2, 0.25) is 0 Å². The van der Waals surface area contributed by atoms with Crippen LogP contribution < -0.4 is 10.6 Å². The van der Waals surface area contributed by atoms with Crippen molar-refractivity contribution in [2.75, 3.05) is 17.2 Å². The fourth-order valence-electron chi connectivity index (χ4n) is 2.03. The summed E-state index contributed by atoms with van der Waals surface area (Å²) < 4.78 is 0. The predicted molar refractivity (Wildman–Crippen MR) is 79.5 cm³/mol. The standard InChI is InChI=1S/C15H17N3O2/c1-3-18(12-6-4-10(2)5-7-12)14-13(15(19)20)8-11(16)9-17-14/h4-9H,3,16H2,1-2H3,(H,19,20). The van der Waals surface area contributed by atoms with E-state index in [9.17, 15) is 9.90 Å². The van der Waals surface area contributed by atoms with Gasteiger partial charge in [-0.05, 0) is 32.0 Å². The van der Waals surface area contributed by atoms with Crippen molar-refractivity contribution in [3.8, 4) is 0 Å².